The van der Waals surface area contributed by atoms with E-state index < -0.39 is 0 Å². The van der Waals surface area contributed by atoms with Gasteiger partial charge in [0.25, 0.3) is 5.91 Å². The second kappa shape index (κ2) is 5.49. The summed E-state index contributed by atoms with van der Waals surface area (Å²) in [4.78, 5) is 15.8. The molecule has 0 bridgehead atoms. The second-order valence-corrected chi connectivity index (χ2v) is 4.92. The molecule has 1 N–H and O–H groups in total. The molecule has 0 saturated heterocycles. The summed E-state index contributed by atoms with van der Waals surface area (Å²) in [7, 11) is 0. The number of nitrogens with one attached hydrogen (secondary N) is 1. The van der Waals surface area contributed by atoms with Gasteiger partial charge in [-0.15, -0.1) is 0 Å². The molecule has 0 spiro atoms. The van der Waals surface area contributed by atoms with Crippen LogP contribution in [0.1, 0.15) is 22.1 Å². The van der Waals surface area contributed by atoms with E-state index in [2.05, 4.69) is 31.4 Å². The number of aryl methyl sites for hydroxylation is 1. The normalized spacial score (nSPS) is 10.4. The predicted molar refractivity (Wildman–Crippen MR) is 69.4 cm³/mol. The van der Waals surface area contributed by atoms with Crippen molar-refractivity contribution in [1.82, 2.24) is 15.5 Å². The van der Waals surface area contributed by atoms with Crippen molar-refractivity contribution < 1.29 is 9.32 Å². The summed E-state index contributed by atoms with van der Waals surface area (Å²) in [6.07, 6.45) is 0. The van der Waals surface area contributed by atoms with Gasteiger partial charge in [0.15, 0.2) is 5.82 Å². The molecular weight excluding hydrogens is 321 g/mol. The van der Waals surface area contributed by atoms with E-state index in [1.165, 1.54) is 0 Å². The Hall–Kier alpha value is -1.40. The van der Waals surface area contributed by atoms with Gasteiger partial charge < -0.3 is 9.84 Å². The van der Waals surface area contributed by atoms with Crippen molar-refractivity contribution in [2.24, 2.45) is 0 Å². The molecule has 1 amide bonds. The molecule has 18 heavy (non-hydrogen) atoms. The zero-order valence-electron chi connectivity index (χ0n) is 9.41. The van der Waals surface area contributed by atoms with E-state index in [4.69, 9.17) is 16.1 Å². The molecule has 1 heterocycles. The minimum Gasteiger partial charge on any atom is -0.345 e. The van der Waals surface area contributed by atoms with Crippen LogP contribution in [-0.4, -0.2) is 16.0 Å². The molecule has 0 atom stereocenters. The summed E-state index contributed by atoms with van der Waals surface area (Å²) in [5.41, 5.74) is 0.467. The van der Waals surface area contributed by atoms with Crippen LogP contribution < -0.4 is 5.32 Å². The van der Waals surface area contributed by atoms with Crippen molar-refractivity contribution in [3.05, 3.63) is 45.0 Å². The summed E-state index contributed by atoms with van der Waals surface area (Å²) >= 11 is 9.14. The standard InChI is InChI=1S/C11H9BrClN3O2/c1-6-15-10(16-18-6)5-14-11(17)7-2-8(12)4-9(13)3-7/h2-4H,5H2,1H3,(H,14,17). The Morgan fingerprint density at radius 2 is 2.28 bits per heavy atom. The average molecular weight is 331 g/mol. The van der Waals surface area contributed by atoms with Crippen molar-refractivity contribution in [3.8, 4) is 0 Å². The lowest BCUT2D eigenvalue weighted by molar-refractivity contribution is 0.0949. The summed E-state index contributed by atoms with van der Waals surface area (Å²) < 4.78 is 5.55. The Morgan fingerprint density at radius 1 is 1.50 bits per heavy atom. The maximum absolute atomic E-state index is 11.9. The zero-order valence-corrected chi connectivity index (χ0v) is 11.7. The van der Waals surface area contributed by atoms with E-state index in [9.17, 15) is 4.79 Å². The number of amides is 1. The van der Waals surface area contributed by atoms with E-state index >= 15 is 0 Å². The number of hydrogen-bond acceptors (Lipinski definition) is 4. The van der Waals surface area contributed by atoms with E-state index in [0.29, 0.717) is 22.3 Å². The van der Waals surface area contributed by atoms with Gasteiger partial charge in [0.1, 0.15) is 0 Å². The van der Waals surface area contributed by atoms with Gasteiger partial charge in [0.2, 0.25) is 5.89 Å². The fourth-order valence-electron chi connectivity index (χ4n) is 1.36. The Bertz CT molecular complexity index is 565. The molecule has 0 aliphatic carbocycles. The van der Waals surface area contributed by atoms with Crippen LogP contribution in [0.4, 0.5) is 0 Å². The number of hydrogen-bond donors (Lipinski definition) is 1. The smallest absolute Gasteiger partial charge is 0.251 e. The highest BCUT2D eigenvalue weighted by atomic mass is 79.9. The number of carbonyl (C=O) groups excluding carboxylic acids is 1. The molecule has 0 saturated carbocycles. The van der Waals surface area contributed by atoms with Crippen LogP contribution in [0.15, 0.2) is 27.2 Å². The molecule has 5 nitrogen and oxygen atoms in total. The number of rotatable bonds is 3. The third-order valence-corrected chi connectivity index (χ3v) is 2.78. The molecule has 2 aromatic rings. The lowest BCUT2D eigenvalue weighted by Gasteiger charge is -2.03. The first-order valence-electron chi connectivity index (χ1n) is 5.08. The van der Waals surface area contributed by atoms with Gasteiger partial charge in [-0.25, -0.2) is 0 Å². The Labute approximate surface area is 117 Å². The zero-order chi connectivity index (χ0) is 13.1. The van der Waals surface area contributed by atoms with Crippen LogP contribution in [0.3, 0.4) is 0 Å². The van der Waals surface area contributed by atoms with Crippen molar-refractivity contribution in [2.75, 3.05) is 0 Å². The maximum atomic E-state index is 11.9. The van der Waals surface area contributed by atoms with Gasteiger partial charge in [0, 0.05) is 22.0 Å². The molecule has 94 valence electrons. The summed E-state index contributed by atoms with van der Waals surface area (Å²) in [5.74, 6) is 0.646. The lowest BCUT2D eigenvalue weighted by atomic mass is 10.2. The molecule has 0 fully saturated rings. The van der Waals surface area contributed by atoms with Gasteiger partial charge in [0.05, 0.1) is 6.54 Å². The summed E-state index contributed by atoms with van der Waals surface area (Å²) in [6.45, 7) is 1.90. The molecule has 0 unspecified atom stereocenters. The fourth-order valence-corrected chi connectivity index (χ4v) is 2.22. The Balaban J connectivity index is 2.03. The van der Waals surface area contributed by atoms with E-state index in [0.717, 1.165) is 4.47 Å². The molecule has 1 aromatic carbocycles. The minimum atomic E-state index is -0.249. The first-order chi connectivity index (χ1) is 8.54. The summed E-state index contributed by atoms with van der Waals surface area (Å²) in [5, 5.41) is 6.85. The van der Waals surface area contributed by atoms with Crippen LogP contribution in [-0.2, 0) is 6.54 Å². The molecule has 7 heteroatoms. The molecule has 1 aromatic heterocycles. The lowest BCUT2D eigenvalue weighted by Crippen LogP contribution is -2.23. The predicted octanol–water partition coefficient (Wildman–Crippen LogP) is 2.72. The van der Waals surface area contributed by atoms with Crippen LogP contribution in [0.5, 0.6) is 0 Å². The first kappa shape index (κ1) is 13.0. The maximum Gasteiger partial charge on any atom is 0.251 e. The largest absolute Gasteiger partial charge is 0.345 e. The van der Waals surface area contributed by atoms with Gasteiger partial charge in [-0.3, -0.25) is 4.79 Å². The molecular formula is C11H9BrClN3O2. The highest BCUT2D eigenvalue weighted by Crippen LogP contribution is 2.19. The number of benzene rings is 1. The topological polar surface area (TPSA) is 68.0 Å². The Kier molecular flexibility index (Phi) is 3.98. The second-order valence-electron chi connectivity index (χ2n) is 3.57. The number of carbonyl (C=O) groups is 1. The van der Waals surface area contributed by atoms with Crippen molar-refractivity contribution in [1.29, 1.82) is 0 Å². The van der Waals surface area contributed by atoms with E-state index in [1.807, 2.05) is 0 Å². The molecule has 0 aliphatic rings. The molecule has 2 rings (SSSR count). The Morgan fingerprint density at radius 3 is 2.89 bits per heavy atom. The van der Waals surface area contributed by atoms with Crippen molar-refractivity contribution in [2.45, 2.75) is 13.5 Å². The number of halogens is 2. The minimum absolute atomic E-state index is 0.209. The van der Waals surface area contributed by atoms with Crippen molar-refractivity contribution >= 4 is 33.4 Å². The SMILES string of the molecule is Cc1nc(CNC(=O)c2cc(Cl)cc(Br)c2)no1. The van der Waals surface area contributed by atoms with Gasteiger partial charge >= 0.3 is 0 Å². The fraction of sp³-hybridized carbons (Fsp3) is 0.182. The number of nitrogens with zero attached hydrogens (tertiary/aromatic N) is 2. The first-order valence-corrected chi connectivity index (χ1v) is 6.25. The van der Waals surface area contributed by atoms with E-state index in [1.54, 1.807) is 25.1 Å². The molecule has 0 radical (unpaired) electrons. The van der Waals surface area contributed by atoms with Gasteiger partial charge in [-0.05, 0) is 18.2 Å². The number of aromatic nitrogens is 2. The van der Waals surface area contributed by atoms with E-state index in [-0.39, 0.29) is 12.5 Å². The van der Waals surface area contributed by atoms with Crippen LogP contribution in [0.2, 0.25) is 5.02 Å². The molecule has 0 aliphatic heterocycles. The third-order valence-electron chi connectivity index (χ3n) is 2.10. The van der Waals surface area contributed by atoms with Gasteiger partial charge in [-0.2, -0.15) is 4.98 Å². The monoisotopic (exact) mass is 329 g/mol. The highest BCUT2D eigenvalue weighted by Gasteiger charge is 2.09. The third kappa shape index (κ3) is 3.30. The van der Waals surface area contributed by atoms with Crippen LogP contribution in [0, 0.1) is 6.92 Å². The van der Waals surface area contributed by atoms with Gasteiger partial charge in [-0.1, -0.05) is 32.7 Å². The average Bonchev–Trinajstić information content (AvgIpc) is 2.70. The van der Waals surface area contributed by atoms with Crippen LogP contribution >= 0.6 is 27.5 Å². The van der Waals surface area contributed by atoms with Crippen molar-refractivity contribution in [3.63, 3.8) is 0 Å². The highest BCUT2D eigenvalue weighted by molar-refractivity contribution is 9.10. The summed E-state index contributed by atoms with van der Waals surface area (Å²) in [6, 6.07) is 4.98. The van der Waals surface area contributed by atoms with Crippen LogP contribution in [0.25, 0.3) is 0 Å². The quantitative estimate of drug-likeness (QED) is 0.939.